The predicted molar refractivity (Wildman–Crippen MR) is 114 cm³/mol. The molecule has 0 saturated carbocycles. The number of aryl methyl sites for hydroxylation is 2. The summed E-state index contributed by atoms with van der Waals surface area (Å²) in [5.41, 5.74) is 6.32. The van der Waals surface area contributed by atoms with E-state index in [1.54, 1.807) is 0 Å². The Morgan fingerprint density at radius 1 is 1.03 bits per heavy atom. The van der Waals surface area contributed by atoms with E-state index >= 15 is 0 Å². The molecule has 0 radical (unpaired) electrons. The number of benzene rings is 1. The molecular formula is C23H26N6. The molecule has 5 rings (SSSR count). The van der Waals surface area contributed by atoms with Crippen molar-refractivity contribution in [1.29, 1.82) is 0 Å². The van der Waals surface area contributed by atoms with Gasteiger partial charge in [0, 0.05) is 36.0 Å². The molecule has 1 aliphatic rings. The Morgan fingerprint density at radius 2 is 1.83 bits per heavy atom. The number of rotatable bonds is 5. The van der Waals surface area contributed by atoms with E-state index in [9.17, 15) is 0 Å². The number of likely N-dealkylation sites (tertiary alicyclic amines) is 1. The van der Waals surface area contributed by atoms with Gasteiger partial charge in [-0.25, -0.2) is 14.5 Å². The van der Waals surface area contributed by atoms with Crippen molar-refractivity contribution in [3.63, 3.8) is 0 Å². The Kier molecular flexibility index (Phi) is 4.64. The summed E-state index contributed by atoms with van der Waals surface area (Å²) in [4.78, 5) is 11.9. The summed E-state index contributed by atoms with van der Waals surface area (Å²) in [6, 6.07) is 10.9. The van der Waals surface area contributed by atoms with E-state index in [4.69, 9.17) is 4.98 Å². The minimum atomic E-state index is 0.845. The lowest BCUT2D eigenvalue weighted by Gasteiger charge is -2.14. The standard InChI is InChI=1S/C23H26N6/c1-17-15-18(2)29-23(26-17)21(16-25-29)22-24-10-14-28(22)20-7-5-19(6-8-20)9-13-27-11-3-4-12-27/h5-8,10,14-16H,3-4,9,11-13H2,1-2H3. The third-order valence-electron chi connectivity index (χ3n) is 5.79. The Hall–Kier alpha value is -2.99. The maximum absolute atomic E-state index is 4.71. The fourth-order valence-electron chi connectivity index (χ4n) is 4.26. The van der Waals surface area contributed by atoms with Gasteiger partial charge in [-0.1, -0.05) is 12.1 Å². The third-order valence-corrected chi connectivity index (χ3v) is 5.79. The van der Waals surface area contributed by atoms with Crippen molar-refractivity contribution in [3.05, 3.63) is 65.9 Å². The van der Waals surface area contributed by atoms with Gasteiger partial charge in [0.15, 0.2) is 5.65 Å². The molecule has 1 saturated heterocycles. The van der Waals surface area contributed by atoms with Gasteiger partial charge in [-0.05, 0) is 70.0 Å². The topological polar surface area (TPSA) is 51.3 Å². The van der Waals surface area contributed by atoms with Gasteiger partial charge in [0.25, 0.3) is 0 Å². The largest absolute Gasteiger partial charge is 0.303 e. The molecule has 0 aliphatic carbocycles. The van der Waals surface area contributed by atoms with Gasteiger partial charge in [-0.3, -0.25) is 4.57 Å². The maximum Gasteiger partial charge on any atom is 0.166 e. The summed E-state index contributed by atoms with van der Waals surface area (Å²) in [7, 11) is 0. The zero-order chi connectivity index (χ0) is 19.8. The molecular weight excluding hydrogens is 360 g/mol. The van der Waals surface area contributed by atoms with Crippen LogP contribution in [-0.4, -0.2) is 48.7 Å². The van der Waals surface area contributed by atoms with Crippen LogP contribution in [0.15, 0.2) is 48.9 Å². The van der Waals surface area contributed by atoms with E-state index in [1.807, 2.05) is 43.0 Å². The lowest BCUT2D eigenvalue weighted by Crippen LogP contribution is -2.21. The highest BCUT2D eigenvalue weighted by atomic mass is 15.3. The number of hydrogen-bond donors (Lipinski definition) is 0. The van der Waals surface area contributed by atoms with Gasteiger partial charge < -0.3 is 4.90 Å². The SMILES string of the molecule is Cc1cc(C)n2ncc(-c3nccn3-c3ccc(CCN4CCCC4)cc3)c2n1. The molecule has 6 heteroatoms. The van der Waals surface area contributed by atoms with Gasteiger partial charge in [-0.15, -0.1) is 0 Å². The molecule has 4 aromatic rings. The van der Waals surface area contributed by atoms with Crippen molar-refractivity contribution in [2.24, 2.45) is 0 Å². The zero-order valence-electron chi connectivity index (χ0n) is 17.0. The first kappa shape index (κ1) is 18.1. The van der Waals surface area contributed by atoms with Crippen molar-refractivity contribution in [1.82, 2.24) is 29.0 Å². The maximum atomic E-state index is 4.71. The van der Waals surface area contributed by atoms with Gasteiger partial charge in [0.2, 0.25) is 0 Å². The average molecular weight is 387 g/mol. The lowest BCUT2D eigenvalue weighted by atomic mass is 10.1. The number of aromatic nitrogens is 5. The Labute approximate surface area is 170 Å². The number of hydrogen-bond acceptors (Lipinski definition) is 4. The molecule has 4 heterocycles. The van der Waals surface area contributed by atoms with Crippen LogP contribution in [0.1, 0.15) is 29.8 Å². The Morgan fingerprint density at radius 3 is 2.62 bits per heavy atom. The second kappa shape index (κ2) is 7.44. The van der Waals surface area contributed by atoms with Crippen LogP contribution in [0.3, 0.4) is 0 Å². The molecule has 0 amide bonds. The summed E-state index contributed by atoms with van der Waals surface area (Å²) in [5.74, 6) is 0.863. The molecule has 0 spiro atoms. The number of fused-ring (bicyclic) bond motifs is 1. The van der Waals surface area contributed by atoms with E-state index in [2.05, 4.69) is 43.8 Å². The second-order valence-corrected chi connectivity index (χ2v) is 7.92. The van der Waals surface area contributed by atoms with E-state index < -0.39 is 0 Å². The fraction of sp³-hybridized carbons (Fsp3) is 0.348. The minimum Gasteiger partial charge on any atom is -0.303 e. The van der Waals surface area contributed by atoms with Crippen LogP contribution >= 0.6 is 0 Å². The highest BCUT2D eigenvalue weighted by Crippen LogP contribution is 2.26. The molecule has 1 aliphatic heterocycles. The van der Waals surface area contributed by atoms with E-state index in [1.165, 1.54) is 31.5 Å². The molecule has 0 bridgehead atoms. The normalized spacial score (nSPS) is 14.8. The minimum absolute atomic E-state index is 0.845. The van der Waals surface area contributed by atoms with Crippen molar-refractivity contribution >= 4 is 5.65 Å². The van der Waals surface area contributed by atoms with E-state index in [-0.39, 0.29) is 0 Å². The molecule has 3 aromatic heterocycles. The van der Waals surface area contributed by atoms with Gasteiger partial charge in [0.1, 0.15) is 5.82 Å². The monoisotopic (exact) mass is 386 g/mol. The summed E-state index contributed by atoms with van der Waals surface area (Å²) in [6.07, 6.45) is 9.49. The number of imidazole rings is 1. The molecule has 6 nitrogen and oxygen atoms in total. The van der Waals surface area contributed by atoms with Crippen LogP contribution in [-0.2, 0) is 6.42 Å². The Balaban J connectivity index is 1.43. The van der Waals surface area contributed by atoms with Crippen LogP contribution in [0, 0.1) is 13.8 Å². The second-order valence-electron chi connectivity index (χ2n) is 7.92. The van der Waals surface area contributed by atoms with Gasteiger partial charge in [-0.2, -0.15) is 5.10 Å². The molecule has 29 heavy (non-hydrogen) atoms. The van der Waals surface area contributed by atoms with Crippen LogP contribution in [0.5, 0.6) is 0 Å². The van der Waals surface area contributed by atoms with Crippen molar-refractivity contribution in [2.45, 2.75) is 33.1 Å². The number of nitrogens with zero attached hydrogens (tertiary/aromatic N) is 6. The average Bonchev–Trinajstić information content (AvgIpc) is 3.47. The van der Waals surface area contributed by atoms with Crippen LogP contribution in [0.2, 0.25) is 0 Å². The summed E-state index contributed by atoms with van der Waals surface area (Å²) in [5, 5.41) is 4.52. The quantitative estimate of drug-likeness (QED) is 0.523. The molecule has 1 aromatic carbocycles. The zero-order valence-corrected chi connectivity index (χ0v) is 17.0. The van der Waals surface area contributed by atoms with Crippen LogP contribution < -0.4 is 0 Å². The fourth-order valence-corrected chi connectivity index (χ4v) is 4.26. The first-order chi connectivity index (χ1) is 14.2. The first-order valence-electron chi connectivity index (χ1n) is 10.4. The third kappa shape index (κ3) is 3.44. The van der Waals surface area contributed by atoms with Crippen molar-refractivity contribution in [3.8, 4) is 17.1 Å². The lowest BCUT2D eigenvalue weighted by molar-refractivity contribution is 0.343. The summed E-state index contributed by atoms with van der Waals surface area (Å²) < 4.78 is 3.99. The molecule has 148 valence electrons. The van der Waals surface area contributed by atoms with Gasteiger partial charge in [0.05, 0.1) is 11.8 Å². The van der Waals surface area contributed by atoms with Crippen LogP contribution in [0.4, 0.5) is 0 Å². The van der Waals surface area contributed by atoms with Crippen LogP contribution in [0.25, 0.3) is 22.7 Å². The van der Waals surface area contributed by atoms with E-state index in [0.717, 1.165) is 47.1 Å². The van der Waals surface area contributed by atoms with Gasteiger partial charge >= 0.3 is 0 Å². The molecule has 0 N–H and O–H groups in total. The summed E-state index contributed by atoms with van der Waals surface area (Å²) >= 11 is 0. The van der Waals surface area contributed by atoms with Crippen molar-refractivity contribution in [2.75, 3.05) is 19.6 Å². The first-order valence-corrected chi connectivity index (χ1v) is 10.4. The molecule has 0 unspecified atom stereocenters. The molecule has 0 atom stereocenters. The van der Waals surface area contributed by atoms with E-state index in [0.29, 0.717) is 0 Å². The predicted octanol–water partition coefficient (Wildman–Crippen LogP) is 3.84. The summed E-state index contributed by atoms with van der Waals surface area (Å²) in [6.45, 7) is 7.72. The van der Waals surface area contributed by atoms with Crippen molar-refractivity contribution < 1.29 is 0 Å². The smallest absolute Gasteiger partial charge is 0.166 e. The highest BCUT2D eigenvalue weighted by Gasteiger charge is 2.16. The highest BCUT2D eigenvalue weighted by molar-refractivity contribution is 5.74. The Bertz CT molecular complexity index is 1130. The molecule has 1 fully saturated rings.